The number of rotatable bonds is 1. The first-order valence-electron chi connectivity index (χ1n) is 4.96. The van der Waals surface area contributed by atoms with E-state index in [2.05, 4.69) is 4.57 Å². The molecule has 1 fully saturated rings. The van der Waals surface area contributed by atoms with Crippen LogP contribution in [0.3, 0.4) is 0 Å². The fraction of sp³-hybridized carbons (Fsp3) is 0.545. The van der Waals surface area contributed by atoms with Crippen LogP contribution in [0.5, 0.6) is 0 Å². The zero-order chi connectivity index (χ0) is 10.3. The van der Waals surface area contributed by atoms with E-state index in [0.29, 0.717) is 6.04 Å². The van der Waals surface area contributed by atoms with Crippen LogP contribution in [-0.2, 0) is 0 Å². The molecule has 0 radical (unpaired) electrons. The van der Waals surface area contributed by atoms with E-state index in [1.54, 1.807) is 12.1 Å². The van der Waals surface area contributed by atoms with Gasteiger partial charge in [0.25, 0.3) is 0 Å². The first-order valence-corrected chi connectivity index (χ1v) is 4.96. The van der Waals surface area contributed by atoms with Gasteiger partial charge in [-0.1, -0.05) is 0 Å². The van der Waals surface area contributed by atoms with E-state index in [4.69, 9.17) is 0 Å². The Morgan fingerprint density at radius 3 is 2.21 bits per heavy atom. The zero-order valence-electron chi connectivity index (χ0n) is 8.53. The van der Waals surface area contributed by atoms with Gasteiger partial charge in [0.15, 0.2) is 5.43 Å². The van der Waals surface area contributed by atoms with Gasteiger partial charge in [0.1, 0.15) is 0 Å². The summed E-state index contributed by atoms with van der Waals surface area (Å²) in [4.78, 5) is 11.2. The van der Waals surface area contributed by atoms with Crippen molar-refractivity contribution in [2.24, 2.45) is 0 Å². The average Bonchev–Trinajstić information content (AvgIpc) is 1.99. The Balaban J connectivity index is 2.38. The second-order valence-electron chi connectivity index (χ2n) is 4.12. The molecule has 3 nitrogen and oxygen atoms in total. The topological polar surface area (TPSA) is 42.2 Å². The van der Waals surface area contributed by atoms with Crippen molar-refractivity contribution in [2.45, 2.75) is 38.8 Å². The van der Waals surface area contributed by atoms with Gasteiger partial charge >= 0.3 is 0 Å². The maximum absolute atomic E-state index is 11.2. The number of aromatic nitrogens is 1. The molecule has 0 unspecified atom stereocenters. The summed E-state index contributed by atoms with van der Waals surface area (Å²) in [6.45, 7) is 3.89. The van der Waals surface area contributed by atoms with Crippen molar-refractivity contribution < 1.29 is 5.11 Å². The summed E-state index contributed by atoms with van der Waals surface area (Å²) in [5.41, 5.74) is 2.05. The Kier molecular flexibility index (Phi) is 2.19. The van der Waals surface area contributed by atoms with Crippen molar-refractivity contribution in [2.75, 3.05) is 0 Å². The molecule has 0 aliphatic heterocycles. The Labute approximate surface area is 83.0 Å². The molecule has 0 aromatic carbocycles. The fourth-order valence-corrected chi connectivity index (χ4v) is 2.22. The van der Waals surface area contributed by atoms with Crippen LogP contribution in [0.15, 0.2) is 16.9 Å². The van der Waals surface area contributed by atoms with E-state index in [1.165, 1.54) is 0 Å². The third-order valence-corrected chi connectivity index (χ3v) is 2.92. The Morgan fingerprint density at radius 1 is 1.29 bits per heavy atom. The zero-order valence-corrected chi connectivity index (χ0v) is 8.53. The van der Waals surface area contributed by atoms with Gasteiger partial charge in [-0.05, 0) is 26.7 Å². The van der Waals surface area contributed by atoms with Crippen LogP contribution in [0, 0.1) is 13.8 Å². The molecule has 0 spiro atoms. The third kappa shape index (κ3) is 1.48. The molecule has 76 valence electrons. The van der Waals surface area contributed by atoms with Crippen LogP contribution >= 0.6 is 0 Å². The summed E-state index contributed by atoms with van der Waals surface area (Å²) in [7, 11) is 0. The molecule has 0 amide bonds. The van der Waals surface area contributed by atoms with Gasteiger partial charge in [-0.2, -0.15) is 0 Å². The molecule has 1 aliphatic carbocycles. The van der Waals surface area contributed by atoms with Gasteiger partial charge in [-0.3, -0.25) is 4.79 Å². The third-order valence-electron chi connectivity index (χ3n) is 2.92. The standard InChI is InChI=1S/C11H15NO2/c1-7-3-10(13)4-8(2)12(7)9-5-11(14)6-9/h3-4,9,11,14H,5-6H2,1-2H3. The highest BCUT2D eigenvalue weighted by Gasteiger charge is 2.29. The smallest absolute Gasteiger partial charge is 0.182 e. The Bertz CT molecular complexity index is 376. The molecule has 1 aliphatic rings. The molecule has 0 bridgehead atoms. The molecule has 3 heteroatoms. The van der Waals surface area contributed by atoms with Crippen molar-refractivity contribution in [3.63, 3.8) is 0 Å². The molecule has 1 heterocycles. The van der Waals surface area contributed by atoms with Gasteiger partial charge in [0.05, 0.1) is 6.10 Å². The molecule has 1 aromatic rings. The number of aliphatic hydroxyl groups is 1. The summed E-state index contributed by atoms with van der Waals surface area (Å²) in [6, 6.07) is 3.68. The van der Waals surface area contributed by atoms with Crippen LogP contribution < -0.4 is 5.43 Å². The lowest BCUT2D eigenvalue weighted by atomic mass is 9.88. The molecule has 2 rings (SSSR count). The summed E-state index contributed by atoms with van der Waals surface area (Å²) < 4.78 is 2.15. The van der Waals surface area contributed by atoms with Crippen molar-refractivity contribution in [1.82, 2.24) is 4.57 Å². The quantitative estimate of drug-likeness (QED) is 0.727. The van der Waals surface area contributed by atoms with Crippen LogP contribution in [0.2, 0.25) is 0 Å². The SMILES string of the molecule is Cc1cc(=O)cc(C)n1C1CC(O)C1. The minimum absolute atomic E-state index is 0.0659. The minimum Gasteiger partial charge on any atom is -0.393 e. The first-order chi connectivity index (χ1) is 6.58. The first kappa shape index (κ1) is 9.46. The molecule has 1 aromatic heterocycles. The maximum atomic E-state index is 11.2. The number of aliphatic hydroxyl groups excluding tert-OH is 1. The highest BCUT2D eigenvalue weighted by molar-refractivity contribution is 5.14. The van der Waals surface area contributed by atoms with Gasteiger partial charge in [-0.15, -0.1) is 0 Å². The maximum Gasteiger partial charge on any atom is 0.182 e. The molecule has 1 N–H and O–H groups in total. The number of hydrogen-bond acceptors (Lipinski definition) is 2. The monoisotopic (exact) mass is 193 g/mol. The van der Waals surface area contributed by atoms with Gasteiger partial charge in [0, 0.05) is 29.6 Å². The Morgan fingerprint density at radius 2 is 1.79 bits per heavy atom. The lowest BCUT2D eigenvalue weighted by molar-refractivity contribution is 0.0468. The van der Waals surface area contributed by atoms with E-state index in [9.17, 15) is 9.90 Å². The fourth-order valence-electron chi connectivity index (χ4n) is 2.22. The minimum atomic E-state index is -0.154. The van der Waals surface area contributed by atoms with Crippen LogP contribution in [0.25, 0.3) is 0 Å². The molecule has 14 heavy (non-hydrogen) atoms. The molecule has 0 atom stereocenters. The largest absolute Gasteiger partial charge is 0.393 e. The van der Waals surface area contributed by atoms with Gasteiger partial charge in [-0.25, -0.2) is 0 Å². The number of pyridine rings is 1. The number of nitrogens with zero attached hydrogens (tertiary/aromatic N) is 1. The summed E-state index contributed by atoms with van der Waals surface area (Å²) >= 11 is 0. The van der Waals surface area contributed by atoms with Crippen molar-refractivity contribution in [3.8, 4) is 0 Å². The van der Waals surface area contributed by atoms with Crippen molar-refractivity contribution in [3.05, 3.63) is 33.7 Å². The lowest BCUT2D eigenvalue weighted by Gasteiger charge is -2.36. The van der Waals surface area contributed by atoms with E-state index >= 15 is 0 Å². The second kappa shape index (κ2) is 3.24. The Hall–Kier alpha value is -1.09. The summed E-state index contributed by atoms with van der Waals surface area (Å²) in [6.07, 6.45) is 1.47. The predicted molar refractivity (Wildman–Crippen MR) is 54.5 cm³/mol. The van der Waals surface area contributed by atoms with Crippen LogP contribution in [0.1, 0.15) is 30.3 Å². The molecule has 1 saturated carbocycles. The van der Waals surface area contributed by atoms with Crippen molar-refractivity contribution in [1.29, 1.82) is 0 Å². The normalized spacial score (nSPS) is 25.9. The van der Waals surface area contributed by atoms with E-state index < -0.39 is 0 Å². The molecular weight excluding hydrogens is 178 g/mol. The van der Waals surface area contributed by atoms with Crippen molar-refractivity contribution >= 4 is 0 Å². The average molecular weight is 193 g/mol. The predicted octanol–water partition coefficient (Wildman–Crippen LogP) is 1.16. The highest BCUT2D eigenvalue weighted by Crippen LogP contribution is 2.33. The van der Waals surface area contributed by atoms with E-state index in [0.717, 1.165) is 24.2 Å². The number of aryl methyl sites for hydroxylation is 2. The highest BCUT2D eigenvalue weighted by atomic mass is 16.3. The van der Waals surface area contributed by atoms with E-state index in [-0.39, 0.29) is 11.5 Å². The van der Waals surface area contributed by atoms with Crippen LogP contribution in [-0.4, -0.2) is 15.8 Å². The summed E-state index contributed by atoms with van der Waals surface area (Å²) in [5, 5.41) is 9.24. The second-order valence-corrected chi connectivity index (χ2v) is 4.12. The molecule has 0 saturated heterocycles. The molecular formula is C11H15NO2. The summed E-state index contributed by atoms with van der Waals surface area (Å²) in [5.74, 6) is 0. The van der Waals surface area contributed by atoms with E-state index in [1.807, 2.05) is 13.8 Å². The van der Waals surface area contributed by atoms with Crippen LogP contribution in [0.4, 0.5) is 0 Å². The number of hydrogen-bond donors (Lipinski definition) is 1. The van der Waals surface area contributed by atoms with Gasteiger partial charge in [0.2, 0.25) is 0 Å². The van der Waals surface area contributed by atoms with Gasteiger partial charge < -0.3 is 9.67 Å². The lowest BCUT2D eigenvalue weighted by Crippen LogP contribution is -2.33.